The lowest BCUT2D eigenvalue weighted by Gasteiger charge is -2.27. The summed E-state index contributed by atoms with van der Waals surface area (Å²) in [6.45, 7) is 5.28. The Labute approximate surface area is 214 Å². The van der Waals surface area contributed by atoms with Gasteiger partial charge in [-0.15, -0.1) is 0 Å². The molecule has 1 aliphatic heterocycles. The average Bonchev–Trinajstić information content (AvgIpc) is 2.87. The second kappa shape index (κ2) is 12.5. The Morgan fingerprint density at radius 1 is 1.08 bits per heavy atom. The monoisotopic (exact) mass is 506 g/mol. The Hall–Kier alpha value is -4.45. The van der Waals surface area contributed by atoms with E-state index < -0.39 is 17.8 Å². The van der Waals surface area contributed by atoms with Crippen molar-refractivity contribution in [3.63, 3.8) is 0 Å². The van der Waals surface area contributed by atoms with Crippen molar-refractivity contribution in [3.05, 3.63) is 76.1 Å². The molecular weight excluding hydrogens is 479 g/mol. The molecule has 1 aliphatic rings. The number of nitrogens with zero attached hydrogens (tertiary/aromatic N) is 2. The van der Waals surface area contributed by atoms with E-state index in [9.17, 15) is 24.0 Å². The van der Waals surface area contributed by atoms with Crippen LogP contribution < -0.4 is 9.47 Å². The number of carbonyl (C=O) groups is 3. The summed E-state index contributed by atoms with van der Waals surface area (Å²) in [5, 5.41) is 9.56. The first kappa shape index (κ1) is 27.1. The van der Waals surface area contributed by atoms with E-state index in [0.29, 0.717) is 23.7 Å². The molecule has 2 aromatic carbocycles. The van der Waals surface area contributed by atoms with Crippen molar-refractivity contribution in [1.29, 1.82) is 5.26 Å². The fraction of sp³-hybridized carbons (Fsp3) is 0.286. The van der Waals surface area contributed by atoms with Crippen LogP contribution in [0.2, 0.25) is 0 Å². The van der Waals surface area contributed by atoms with Gasteiger partial charge >= 0.3 is 5.97 Å². The van der Waals surface area contributed by atoms with Crippen LogP contribution in [0.4, 0.5) is 4.39 Å². The summed E-state index contributed by atoms with van der Waals surface area (Å²) in [6, 6.07) is 13.0. The van der Waals surface area contributed by atoms with E-state index in [4.69, 9.17) is 14.2 Å². The number of imide groups is 1. The third kappa shape index (κ3) is 6.82. The van der Waals surface area contributed by atoms with Gasteiger partial charge in [0.2, 0.25) is 0 Å². The van der Waals surface area contributed by atoms with Gasteiger partial charge in [0.15, 0.2) is 11.5 Å². The third-order valence-electron chi connectivity index (χ3n) is 5.54. The van der Waals surface area contributed by atoms with Crippen molar-refractivity contribution in [1.82, 2.24) is 4.90 Å². The highest BCUT2D eigenvalue weighted by atomic mass is 19.1. The van der Waals surface area contributed by atoms with Crippen molar-refractivity contribution in [2.45, 2.75) is 33.8 Å². The van der Waals surface area contributed by atoms with Crippen LogP contribution in [0.5, 0.6) is 11.5 Å². The van der Waals surface area contributed by atoms with Gasteiger partial charge in [0, 0.05) is 19.0 Å². The number of benzene rings is 2. The van der Waals surface area contributed by atoms with Crippen LogP contribution >= 0.6 is 0 Å². The lowest BCUT2D eigenvalue weighted by molar-refractivity contribution is -0.141. The highest BCUT2D eigenvalue weighted by Gasteiger charge is 2.35. The van der Waals surface area contributed by atoms with E-state index in [1.54, 1.807) is 43.3 Å². The highest BCUT2D eigenvalue weighted by molar-refractivity contribution is 6.19. The summed E-state index contributed by atoms with van der Waals surface area (Å²) < 4.78 is 29.6. The maximum atomic E-state index is 13.2. The van der Waals surface area contributed by atoms with Crippen molar-refractivity contribution >= 4 is 23.9 Å². The Kier molecular flexibility index (Phi) is 9.16. The summed E-state index contributed by atoms with van der Waals surface area (Å²) in [5.41, 5.74) is 1.75. The zero-order valence-electron chi connectivity index (χ0n) is 20.9. The third-order valence-corrected chi connectivity index (χ3v) is 5.54. The molecule has 0 bridgehead atoms. The van der Waals surface area contributed by atoms with Gasteiger partial charge in [-0.1, -0.05) is 18.2 Å². The molecule has 9 heteroatoms. The molecule has 0 unspecified atom stereocenters. The van der Waals surface area contributed by atoms with Gasteiger partial charge in [-0.3, -0.25) is 19.3 Å². The molecule has 3 rings (SSSR count). The fourth-order valence-electron chi connectivity index (χ4n) is 3.68. The second-order valence-corrected chi connectivity index (χ2v) is 8.18. The van der Waals surface area contributed by atoms with Gasteiger partial charge in [-0.2, -0.15) is 5.26 Å². The van der Waals surface area contributed by atoms with Gasteiger partial charge in [0.25, 0.3) is 11.8 Å². The van der Waals surface area contributed by atoms with Crippen molar-refractivity contribution < 1.29 is 33.0 Å². The average molecular weight is 507 g/mol. The summed E-state index contributed by atoms with van der Waals surface area (Å²) in [4.78, 5) is 37.9. The Balaban J connectivity index is 1.87. The number of hydrogen-bond donors (Lipinski definition) is 0. The summed E-state index contributed by atoms with van der Waals surface area (Å²) in [6.07, 6.45) is 1.84. The zero-order chi connectivity index (χ0) is 26.9. The number of halogens is 1. The highest BCUT2D eigenvalue weighted by Crippen LogP contribution is 2.32. The van der Waals surface area contributed by atoms with Crippen LogP contribution in [-0.2, 0) is 25.7 Å². The predicted molar refractivity (Wildman–Crippen MR) is 133 cm³/mol. The first-order valence-electron chi connectivity index (χ1n) is 11.7. The van der Waals surface area contributed by atoms with Gasteiger partial charge in [0.1, 0.15) is 24.1 Å². The number of amides is 2. The lowest BCUT2D eigenvalue weighted by atomic mass is 9.93. The molecular formula is C28H27FN2O6. The molecule has 0 saturated heterocycles. The Bertz CT molecular complexity index is 1290. The standard InChI is InChI=1S/C28H27FN2O6/c1-4-35-26-15-21(8-11-25(26)37-17-20-6-9-22(29)10-7-20)14-23-18(2)24(16-30)28(34)31(27(23)33)12-5-13-36-19(3)32/h6-11,14-15H,4-5,12-13,17H2,1-3H3/b23-14+. The number of nitriles is 1. The maximum absolute atomic E-state index is 13.2. The van der Waals surface area contributed by atoms with Gasteiger partial charge in [-0.05, 0) is 67.3 Å². The maximum Gasteiger partial charge on any atom is 0.302 e. The molecule has 1 heterocycles. The van der Waals surface area contributed by atoms with Crippen LogP contribution in [0.15, 0.2) is 59.2 Å². The molecule has 0 aliphatic carbocycles. The van der Waals surface area contributed by atoms with Crippen LogP contribution in [0.1, 0.15) is 38.3 Å². The number of esters is 1. The zero-order valence-corrected chi connectivity index (χ0v) is 20.9. The number of hydrogen-bond acceptors (Lipinski definition) is 7. The molecule has 0 spiro atoms. The first-order valence-corrected chi connectivity index (χ1v) is 11.7. The number of rotatable bonds is 10. The van der Waals surface area contributed by atoms with E-state index in [1.807, 2.05) is 13.0 Å². The minimum Gasteiger partial charge on any atom is -0.490 e. The largest absolute Gasteiger partial charge is 0.490 e. The number of carbonyl (C=O) groups excluding carboxylic acids is 3. The minimum atomic E-state index is -0.676. The molecule has 0 saturated carbocycles. The second-order valence-electron chi connectivity index (χ2n) is 8.18. The van der Waals surface area contributed by atoms with E-state index in [1.165, 1.54) is 19.1 Å². The predicted octanol–water partition coefficient (Wildman–Crippen LogP) is 4.35. The first-order chi connectivity index (χ1) is 17.7. The van der Waals surface area contributed by atoms with Gasteiger partial charge < -0.3 is 14.2 Å². The van der Waals surface area contributed by atoms with Crippen molar-refractivity contribution in [3.8, 4) is 17.6 Å². The molecule has 37 heavy (non-hydrogen) atoms. The smallest absolute Gasteiger partial charge is 0.302 e. The van der Waals surface area contributed by atoms with E-state index in [0.717, 1.165) is 10.5 Å². The van der Waals surface area contributed by atoms with E-state index in [-0.39, 0.29) is 48.7 Å². The summed E-state index contributed by atoms with van der Waals surface area (Å²) in [7, 11) is 0. The SMILES string of the molecule is CCOc1cc(/C=C2/C(=O)N(CCCOC(C)=O)C(=O)C(C#N)=C2C)ccc1OCc1ccc(F)cc1. The van der Waals surface area contributed by atoms with Crippen LogP contribution in [0, 0.1) is 17.1 Å². The van der Waals surface area contributed by atoms with Gasteiger partial charge in [0.05, 0.1) is 13.2 Å². The van der Waals surface area contributed by atoms with Crippen LogP contribution in [0.3, 0.4) is 0 Å². The Morgan fingerprint density at radius 3 is 2.46 bits per heavy atom. The summed E-state index contributed by atoms with van der Waals surface area (Å²) in [5.74, 6) is -1.10. The molecule has 8 nitrogen and oxygen atoms in total. The number of ether oxygens (including phenoxy) is 3. The topological polar surface area (TPSA) is 106 Å². The molecule has 2 aromatic rings. The summed E-state index contributed by atoms with van der Waals surface area (Å²) >= 11 is 0. The molecule has 0 N–H and O–H groups in total. The molecule has 2 amide bonds. The molecule has 0 fully saturated rings. The molecule has 0 radical (unpaired) electrons. The molecule has 0 atom stereocenters. The quantitative estimate of drug-likeness (QED) is 0.204. The Morgan fingerprint density at radius 2 is 1.81 bits per heavy atom. The van der Waals surface area contributed by atoms with Crippen LogP contribution in [-0.4, -0.2) is 42.4 Å². The van der Waals surface area contributed by atoms with Crippen molar-refractivity contribution in [2.24, 2.45) is 0 Å². The van der Waals surface area contributed by atoms with Crippen LogP contribution in [0.25, 0.3) is 6.08 Å². The lowest BCUT2D eigenvalue weighted by Crippen LogP contribution is -2.43. The van der Waals surface area contributed by atoms with E-state index >= 15 is 0 Å². The molecule has 0 aromatic heterocycles. The van der Waals surface area contributed by atoms with Gasteiger partial charge in [-0.25, -0.2) is 4.39 Å². The van der Waals surface area contributed by atoms with Crippen molar-refractivity contribution in [2.75, 3.05) is 19.8 Å². The fourth-order valence-corrected chi connectivity index (χ4v) is 3.68. The molecule has 192 valence electrons. The van der Waals surface area contributed by atoms with E-state index in [2.05, 4.69) is 0 Å². The normalized spacial score (nSPS) is 14.6. The minimum absolute atomic E-state index is 0.00110.